The lowest BCUT2D eigenvalue weighted by Gasteiger charge is -2.34. The van der Waals surface area contributed by atoms with Crippen LogP contribution >= 0.6 is 0 Å². The smallest absolute Gasteiger partial charge is 0.260 e. The molecule has 23 heavy (non-hydrogen) atoms. The maximum Gasteiger partial charge on any atom is 0.260 e. The van der Waals surface area contributed by atoms with E-state index in [9.17, 15) is 9.59 Å². The number of pyridine rings is 1. The van der Waals surface area contributed by atoms with Crippen LogP contribution in [-0.4, -0.2) is 53.4 Å². The third kappa shape index (κ3) is 3.87. The minimum Gasteiger partial charge on any atom is -0.336 e. The summed E-state index contributed by atoms with van der Waals surface area (Å²) in [6.07, 6.45) is 2.56. The van der Waals surface area contributed by atoms with Gasteiger partial charge >= 0.3 is 0 Å². The normalized spacial score (nSPS) is 15.6. The fraction of sp³-hybridized carbons (Fsp3) is 0.333. The summed E-state index contributed by atoms with van der Waals surface area (Å²) in [4.78, 5) is 30.8. The maximum atomic E-state index is 12.4. The predicted molar refractivity (Wildman–Crippen MR) is 89.6 cm³/mol. The fourth-order valence-corrected chi connectivity index (χ4v) is 2.87. The van der Waals surface area contributed by atoms with Gasteiger partial charge in [-0.2, -0.15) is 0 Å². The van der Waals surface area contributed by atoms with Crippen molar-refractivity contribution in [3.05, 3.63) is 70.1 Å². The Morgan fingerprint density at radius 2 is 1.74 bits per heavy atom. The molecule has 1 N–H and O–H groups in total. The van der Waals surface area contributed by atoms with Gasteiger partial charge in [-0.3, -0.25) is 14.5 Å². The molecule has 0 saturated carbocycles. The number of rotatable bonds is 4. The van der Waals surface area contributed by atoms with Crippen LogP contribution < -0.4 is 5.56 Å². The van der Waals surface area contributed by atoms with Gasteiger partial charge in [0, 0.05) is 38.9 Å². The van der Waals surface area contributed by atoms with Gasteiger partial charge in [0.15, 0.2) is 0 Å². The first-order valence-corrected chi connectivity index (χ1v) is 7.97. The summed E-state index contributed by atoms with van der Waals surface area (Å²) < 4.78 is 0. The SMILES string of the molecule is O=C(c1ccc[nH]c1=O)N1CCN(CCc2ccccc2)CC1. The van der Waals surface area contributed by atoms with Crippen molar-refractivity contribution < 1.29 is 4.79 Å². The van der Waals surface area contributed by atoms with Crippen molar-refractivity contribution in [2.75, 3.05) is 32.7 Å². The largest absolute Gasteiger partial charge is 0.336 e. The van der Waals surface area contributed by atoms with Gasteiger partial charge in [0.2, 0.25) is 0 Å². The highest BCUT2D eigenvalue weighted by molar-refractivity contribution is 5.93. The minimum atomic E-state index is -0.316. The molecule has 0 unspecified atom stereocenters. The first-order chi connectivity index (χ1) is 11.2. The molecule has 0 atom stereocenters. The van der Waals surface area contributed by atoms with E-state index in [0.29, 0.717) is 13.1 Å². The number of hydrogen-bond donors (Lipinski definition) is 1. The quantitative estimate of drug-likeness (QED) is 0.928. The van der Waals surface area contributed by atoms with Crippen molar-refractivity contribution >= 4 is 5.91 Å². The zero-order valence-corrected chi connectivity index (χ0v) is 13.1. The molecule has 0 radical (unpaired) electrons. The topological polar surface area (TPSA) is 56.4 Å². The van der Waals surface area contributed by atoms with E-state index in [-0.39, 0.29) is 17.0 Å². The van der Waals surface area contributed by atoms with E-state index in [2.05, 4.69) is 34.1 Å². The number of amides is 1. The molecule has 5 nitrogen and oxygen atoms in total. The van der Waals surface area contributed by atoms with Crippen LogP contribution in [0.5, 0.6) is 0 Å². The molecule has 1 aliphatic rings. The van der Waals surface area contributed by atoms with Gasteiger partial charge in [-0.05, 0) is 24.1 Å². The van der Waals surface area contributed by atoms with Crippen LogP contribution in [0.15, 0.2) is 53.5 Å². The first-order valence-electron chi connectivity index (χ1n) is 7.97. The fourth-order valence-electron chi connectivity index (χ4n) is 2.87. The van der Waals surface area contributed by atoms with Crippen molar-refractivity contribution in [2.24, 2.45) is 0 Å². The van der Waals surface area contributed by atoms with Crippen LogP contribution in [0.4, 0.5) is 0 Å². The Hall–Kier alpha value is -2.40. The molecule has 2 heterocycles. The number of benzene rings is 1. The van der Waals surface area contributed by atoms with Crippen molar-refractivity contribution in [3.8, 4) is 0 Å². The minimum absolute atomic E-state index is 0.172. The predicted octanol–water partition coefficient (Wildman–Crippen LogP) is 1.38. The summed E-state index contributed by atoms with van der Waals surface area (Å²) in [7, 11) is 0. The van der Waals surface area contributed by atoms with E-state index in [1.165, 1.54) is 5.56 Å². The Kier molecular flexibility index (Phi) is 4.88. The Morgan fingerprint density at radius 1 is 1.00 bits per heavy atom. The average molecular weight is 311 g/mol. The van der Waals surface area contributed by atoms with Gasteiger partial charge in [0.25, 0.3) is 11.5 Å². The Morgan fingerprint density at radius 3 is 2.43 bits per heavy atom. The zero-order chi connectivity index (χ0) is 16.1. The number of H-pyrrole nitrogens is 1. The molecule has 5 heteroatoms. The van der Waals surface area contributed by atoms with Crippen LogP contribution in [0, 0.1) is 0 Å². The number of aromatic amines is 1. The molecule has 0 aliphatic carbocycles. The molecule has 0 bridgehead atoms. The lowest BCUT2D eigenvalue weighted by atomic mass is 10.1. The first kappa shape index (κ1) is 15.5. The number of aromatic nitrogens is 1. The Balaban J connectivity index is 1.51. The standard InChI is InChI=1S/C18H21N3O2/c22-17-16(7-4-9-19-17)18(23)21-13-11-20(12-14-21)10-8-15-5-2-1-3-6-15/h1-7,9H,8,10-14H2,(H,19,22). The van der Waals surface area contributed by atoms with Gasteiger partial charge in [-0.1, -0.05) is 30.3 Å². The van der Waals surface area contributed by atoms with Crippen molar-refractivity contribution in [3.63, 3.8) is 0 Å². The number of nitrogens with zero attached hydrogens (tertiary/aromatic N) is 2. The summed E-state index contributed by atoms with van der Waals surface area (Å²) in [5, 5.41) is 0. The zero-order valence-electron chi connectivity index (χ0n) is 13.1. The second-order valence-corrected chi connectivity index (χ2v) is 5.78. The van der Waals surface area contributed by atoms with Crippen LogP contribution in [0.25, 0.3) is 0 Å². The lowest BCUT2D eigenvalue weighted by molar-refractivity contribution is 0.0636. The summed E-state index contributed by atoms with van der Waals surface area (Å²) in [5.74, 6) is -0.172. The second kappa shape index (κ2) is 7.24. The van der Waals surface area contributed by atoms with Gasteiger partial charge in [-0.15, -0.1) is 0 Å². The molecule has 1 aliphatic heterocycles. The van der Waals surface area contributed by atoms with E-state index in [1.807, 2.05) is 6.07 Å². The third-order valence-electron chi connectivity index (χ3n) is 4.27. The summed E-state index contributed by atoms with van der Waals surface area (Å²) in [6.45, 7) is 4.04. The Labute approximate surface area is 135 Å². The van der Waals surface area contributed by atoms with Gasteiger partial charge < -0.3 is 9.88 Å². The molecular formula is C18H21N3O2. The van der Waals surface area contributed by atoms with Crippen LogP contribution in [0.3, 0.4) is 0 Å². The highest BCUT2D eigenvalue weighted by Gasteiger charge is 2.23. The van der Waals surface area contributed by atoms with Gasteiger partial charge in [0.05, 0.1) is 0 Å². The van der Waals surface area contributed by atoms with E-state index in [4.69, 9.17) is 0 Å². The van der Waals surface area contributed by atoms with Crippen LogP contribution in [0.2, 0.25) is 0 Å². The number of piperazine rings is 1. The number of nitrogens with one attached hydrogen (secondary N) is 1. The molecule has 0 spiro atoms. The van der Waals surface area contributed by atoms with E-state index >= 15 is 0 Å². The summed E-state index contributed by atoms with van der Waals surface area (Å²) in [6, 6.07) is 13.7. The molecule has 1 aromatic carbocycles. The molecule has 1 aromatic heterocycles. The van der Waals surface area contributed by atoms with E-state index in [0.717, 1.165) is 26.1 Å². The van der Waals surface area contributed by atoms with Crippen molar-refractivity contribution in [2.45, 2.75) is 6.42 Å². The number of hydrogen-bond acceptors (Lipinski definition) is 3. The highest BCUT2D eigenvalue weighted by Crippen LogP contribution is 2.08. The van der Waals surface area contributed by atoms with Crippen molar-refractivity contribution in [1.29, 1.82) is 0 Å². The molecule has 1 saturated heterocycles. The van der Waals surface area contributed by atoms with Gasteiger partial charge in [0.1, 0.15) is 5.56 Å². The van der Waals surface area contributed by atoms with Crippen LogP contribution in [-0.2, 0) is 6.42 Å². The Bertz CT molecular complexity index is 703. The number of carbonyl (C=O) groups is 1. The summed E-state index contributed by atoms with van der Waals surface area (Å²) >= 11 is 0. The number of carbonyl (C=O) groups excluding carboxylic acids is 1. The molecule has 1 amide bonds. The molecule has 3 rings (SSSR count). The average Bonchev–Trinajstić information content (AvgIpc) is 2.61. The lowest BCUT2D eigenvalue weighted by Crippen LogP contribution is -2.49. The van der Waals surface area contributed by atoms with Crippen LogP contribution in [0.1, 0.15) is 15.9 Å². The monoisotopic (exact) mass is 311 g/mol. The third-order valence-corrected chi connectivity index (χ3v) is 4.27. The van der Waals surface area contributed by atoms with Crippen molar-refractivity contribution in [1.82, 2.24) is 14.8 Å². The van der Waals surface area contributed by atoms with E-state index < -0.39 is 0 Å². The molecule has 2 aromatic rings. The second-order valence-electron chi connectivity index (χ2n) is 5.78. The molecule has 1 fully saturated rings. The highest BCUT2D eigenvalue weighted by atomic mass is 16.2. The maximum absolute atomic E-state index is 12.4. The molecular weight excluding hydrogens is 290 g/mol. The molecule has 120 valence electrons. The summed E-state index contributed by atoms with van der Waals surface area (Å²) in [5.41, 5.74) is 1.25. The van der Waals surface area contributed by atoms with E-state index in [1.54, 1.807) is 23.2 Å². The van der Waals surface area contributed by atoms with Gasteiger partial charge in [-0.25, -0.2) is 0 Å².